The molecule has 5 nitrogen and oxygen atoms in total. The molecule has 2 rings (SSSR count). The van der Waals surface area contributed by atoms with E-state index in [-0.39, 0.29) is 40.9 Å². The molecule has 0 fully saturated rings. The van der Waals surface area contributed by atoms with Crippen molar-refractivity contribution in [3.8, 4) is 5.75 Å². The molecule has 0 saturated carbocycles. The summed E-state index contributed by atoms with van der Waals surface area (Å²) in [6.45, 7) is 0. The second kappa shape index (κ2) is 7.01. The average Bonchev–Trinajstić information content (AvgIpc) is 2.39. The van der Waals surface area contributed by atoms with Gasteiger partial charge in [0.1, 0.15) is 15.9 Å². The van der Waals surface area contributed by atoms with Crippen molar-refractivity contribution in [2.75, 3.05) is 0 Å². The molecule has 7 heteroatoms. The number of carbonyl (C=O) groups excluding carboxylic acids is 1. The molecule has 0 unspecified atom stereocenters. The minimum absolute atomic E-state index is 0. The fourth-order valence-corrected chi connectivity index (χ4v) is 2.08. The minimum Gasteiger partial charge on any atom is -0.744 e. The van der Waals surface area contributed by atoms with Crippen LogP contribution in [0.25, 0.3) is 0 Å². The van der Waals surface area contributed by atoms with Crippen molar-refractivity contribution in [2.24, 2.45) is 0 Å². The van der Waals surface area contributed by atoms with Crippen LogP contribution in [-0.2, 0) is 10.1 Å². The monoisotopic (exact) mass is 300 g/mol. The third kappa shape index (κ3) is 4.16. The summed E-state index contributed by atoms with van der Waals surface area (Å²) in [7, 11) is -4.69. The van der Waals surface area contributed by atoms with Gasteiger partial charge in [-0.1, -0.05) is 30.3 Å². The van der Waals surface area contributed by atoms with Gasteiger partial charge in [0, 0.05) is 0 Å². The van der Waals surface area contributed by atoms with Crippen LogP contribution >= 0.6 is 0 Å². The molecule has 0 aliphatic rings. The summed E-state index contributed by atoms with van der Waals surface area (Å²) >= 11 is 0. The van der Waals surface area contributed by atoms with E-state index in [9.17, 15) is 17.8 Å². The molecule has 0 aliphatic carbocycles. The maximum Gasteiger partial charge on any atom is 1.00 e. The molecule has 2 aromatic rings. The molecule has 20 heavy (non-hydrogen) atoms. The second-order valence-corrected chi connectivity index (χ2v) is 5.00. The third-order valence-electron chi connectivity index (χ3n) is 2.33. The van der Waals surface area contributed by atoms with Crippen LogP contribution in [-0.4, -0.2) is 18.9 Å². The number of para-hydroxylation sites is 1. The van der Waals surface area contributed by atoms with E-state index in [1.165, 1.54) is 30.3 Å². The third-order valence-corrected chi connectivity index (χ3v) is 3.21. The van der Waals surface area contributed by atoms with Crippen LogP contribution in [0.1, 0.15) is 10.4 Å². The van der Waals surface area contributed by atoms with Gasteiger partial charge in [-0.2, -0.15) is 0 Å². The molecular formula is C13H9NaO5S. The Morgan fingerprint density at radius 1 is 0.950 bits per heavy atom. The number of rotatable bonds is 3. The first-order chi connectivity index (χ1) is 8.98. The van der Waals surface area contributed by atoms with E-state index in [1.54, 1.807) is 18.2 Å². The van der Waals surface area contributed by atoms with Gasteiger partial charge in [0.15, 0.2) is 0 Å². The molecule has 0 amide bonds. The molecule has 0 atom stereocenters. The predicted molar refractivity (Wildman–Crippen MR) is 65.8 cm³/mol. The number of hydrogen-bond donors (Lipinski definition) is 0. The summed E-state index contributed by atoms with van der Waals surface area (Å²) in [5.74, 6) is -0.997. The Bertz CT molecular complexity index is 698. The van der Waals surface area contributed by atoms with E-state index >= 15 is 0 Å². The molecule has 0 aromatic heterocycles. The van der Waals surface area contributed by atoms with Crippen LogP contribution in [0.2, 0.25) is 0 Å². The Morgan fingerprint density at radius 3 is 2.10 bits per heavy atom. The number of esters is 1. The number of hydrogen-bond acceptors (Lipinski definition) is 5. The maximum absolute atomic E-state index is 11.8. The first-order valence-electron chi connectivity index (χ1n) is 5.30. The summed E-state index contributed by atoms with van der Waals surface area (Å²) < 4.78 is 38.0. The summed E-state index contributed by atoms with van der Waals surface area (Å²) in [6, 6.07) is 13.3. The first kappa shape index (κ1) is 16.9. The van der Waals surface area contributed by atoms with Crippen molar-refractivity contribution in [3.05, 3.63) is 60.2 Å². The molecule has 0 N–H and O–H groups in total. The van der Waals surface area contributed by atoms with Gasteiger partial charge >= 0.3 is 35.5 Å². The van der Waals surface area contributed by atoms with E-state index in [0.717, 1.165) is 6.07 Å². The van der Waals surface area contributed by atoms with Gasteiger partial charge in [0.05, 0.1) is 10.5 Å². The molecule has 98 valence electrons. The van der Waals surface area contributed by atoms with Gasteiger partial charge in [0.2, 0.25) is 0 Å². The smallest absolute Gasteiger partial charge is 0.744 e. The fraction of sp³-hybridized carbons (Fsp3) is 0. The summed E-state index contributed by atoms with van der Waals surface area (Å²) in [5.41, 5.74) is 0.264. The van der Waals surface area contributed by atoms with Crippen molar-refractivity contribution in [3.63, 3.8) is 0 Å². The van der Waals surface area contributed by atoms with Crippen LogP contribution in [0.4, 0.5) is 0 Å². The Labute approximate surface area is 138 Å². The minimum atomic E-state index is -4.69. The zero-order chi connectivity index (χ0) is 13.9. The normalized spacial score (nSPS) is 10.4. The van der Waals surface area contributed by atoms with Crippen LogP contribution in [0.15, 0.2) is 59.5 Å². The Kier molecular flexibility index (Phi) is 5.91. The largest absolute Gasteiger partial charge is 1.00 e. The second-order valence-electron chi connectivity index (χ2n) is 3.66. The molecule has 2 aromatic carbocycles. The molecule has 0 heterocycles. The fourth-order valence-electron chi connectivity index (χ4n) is 1.47. The van der Waals surface area contributed by atoms with Gasteiger partial charge in [-0.15, -0.1) is 0 Å². The Morgan fingerprint density at radius 2 is 1.50 bits per heavy atom. The summed E-state index contributed by atoms with van der Waals surface area (Å²) in [5, 5.41) is 0. The zero-order valence-electron chi connectivity index (χ0n) is 10.6. The van der Waals surface area contributed by atoms with Crippen LogP contribution < -0.4 is 34.3 Å². The van der Waals surface area contributed by atoms with Gasteiger partial charge < -0.3 is 9.29 Å². The van der Waals surface area contributed by atoms with Crippen LogP contribution in [0, 0.1) is 0 Å². The Hall–Kier alpha value is -1.18. The van der Waals surface area contributed by atoms with E-state index in [0.29, 0.717) is 0 Å². The predicted octanol–water partition coefficient (Wildman–Crippen LogP) is -1.19. The van der Waals surface area contributed by atoms with Gasteiger partial charge in [0.25, 0.3) is 0 Å². The van der Waals surface area contributed by atoms with Gasteiger partial charge in [-0.25, -0.2) is 13.2 Å². The van der Waals surface area contributed by atoms with Crippen LogP contribution in [0.5, 0.6) is 5.75 Å². The molecule has 0 bridgehead atoms. The van der Waals surface area contributed by atoms with Gasteiger partial charge in [-0.05, 0) is 24.3 Å². The van der Waals surface area contributed by atoms with E-state index in [2.05, 4.69) is 0 Å². The molecule has 0 radical (unpaired) electrons. The van der Waals surface area contributed by atoms with Crippen molar-refractivity contribution in [2.45, 2.75) is 4.90 Å². The first-order valence-corrected chi connectivity index (χ1v) is 6.71. The van der Waals surface area contributed by atoms with Crippen molar-refractivity contribution in [1.29, 1.82) is 0 Å². The van der Waals surface area contributed by atoms with E-state index in [1.807, 2.05) is 0 Å². The van der Waals surface area contributed by atoms with Crippen molar-refractivity contribution in [1.82, 2.24) is 0 Å². The molecule has 0 spiro atoms. The zero-order valence-corrected chi connectivity index (χ0v) is 13.5. The van der Waals surface area contributed by atoms with Crippen LogP contribution in [0.3, 0.4) is 0 Å². The topological polar surface area (TPSA) is 83.5 Å². The van der Waals surface area contributed by atoms with E-state index < -0.39 is 21.0 Å². The van der Waals surface area contributed by atoms with Crippen molar-refractivity contribution >= 4 is 16.1 Å². The summed E-state index contributed by atoms with van der Waals surface area (Å²) in [6.07, 6.45) is 0. The Balaban J connectivity index is 0.00000200. The maximum atomic E-state index is 11.8. The summed E-state index contributed by atoms with van der Waals surface area (Å²) in [4.78, 5) is 11.2. The molecule has 0 aliphatic heterocycles. The molecular weight excluding hydrogens is 291 g/mol. The SMILES string of the molecule is O=C(Oc1ccccc1S(=O)(=O)[O-])c1ccccc1.[Na+]. The number of ether oxygens (including phenoxy) is 1. The van der Waals surface area contributed by atoms with Gasteiger partial charge in [-0.3, -0.25) is 0 Å². The number of benzene rings is 2. The molecule has 0 saturated heterocycles. The quantitative estimate of drug-likeness (QED) is 0.308. The standard InChI is InChI=1S/C13H10O5S.Na/c14-13(10-6-2-1-3-7-10)18-11-8-4-5-9-12(11)19(15,16)17;/h1-9H,(H,15,16,17);/q;+1/p-1. The van der Waals surface area contributed by atoms with E-state index in [4.69, 9.17) is 4.74 Å². The average molecular weight is 300 g/mol. The van der Waals surface area contributed by atoms with Crippen molar-refractivity contribution < 1.29 is 52.1 Å². The number of carbonyl (C=O) groups is 1.